The zero-order valence-corrected chi connectivity index (χ0v) is 20.7. The van der Waals surface area contributed by atoms with Crippen LogP contribution in [0.1, 0.15) is 46.4 Å². The van der Waals surface area contributed by atoms with Crippen molar-refractivity contribution in [2.24, 2.45) is 0 Å². The molecular weight excluding hydrogens is 454 g/mol. The van der Waals surface area contributed by atoms with E-state index in [-0.39, 0.29) is 19.5 Å². The van der Waals surface area contributed by atoms with Crippen molar-refractivity contribution in [3.05, 3.63) is 28.2 Å². The van der Waals surface area contributed by atoms with Gasteiger partial charge in [-0.15, -0.1) is 11.3 Å². The smallest absolute Gasteiger partial charge is 0.417 e. The molecule has 3 heterocycles. The molecular formula is C22H28ClN3O5S. The Bertz CT molecular complexity index is 1040. The summed E-state index contributed by atoms with van der Waals surface area (Å²) in [4.78, 5) is 46.5. The molecule has 0 N–H and O–H groups in total. The molecule has 8 nitrogen and oxygen atoms in total. The average Bonchev–Trinajstić information content (AvgIpc) is 3.04. The molecule has 0 bridgehead atoms. The maximum absolute atomic E-state index is 13.4. The van der Waals surface area contributed by atoms with Gasteiger partial charge in [0.25, 0.3) is 5.91 Å². The molecule has 2 aromatic rings. The highest BCUT2D eigenvalue weighted by Crippen LogP contribution is 2.32. The van der Waals surface area contributed by atoms with Crippen LogP contribution in [0.15, 0.2) is 18.3 Å². The monoisotopic (exact) mass is 481 g/mol. The SMILES string of the molecule is CC(C)(C)OC(=O)N1CCN(C(=O)OC(C)(C)C)C(Cc2cc3nccc(Cl)c3s2)C1=O. The second-order valence-corrected chi connectivity index (χ2v) is 11.1. The fourth-order valence-corrected chi connectivity index (χ4v) is 4.59. The van der Waals surface area contributed by atoms with Gasteiger partial charge in [0.15, 0.2) is 0 Å². The van der Waals surface area contributed by atoms with Crippen LogP contribution in [0.3, 0.4) is 0 Å². The Balaban J connectivity index is 1.91. The fourth-order valence-electron chi connectivity index (χ4n) is 3.27. The summed E-state index contributed by atoms with van der Waals surface area (Å²) in [7, 11) is 0. The number of halogens is 1. The summed E-state index contributed by atoms with van der Waals surface area (Å²) in [5.41, 5.74) is -0.751. The minimum atomic E-state index is -0.919. The number of fused-ring (bicyclic) bond motifs is 1. The van der Waals surface area contributed by atoms with E-state index in [1.54, 1.807) is 53.8 Å². The van der Waals surface area contributed by atoms with Crippen LogP contribution < -0.4 is 0 Å². The summed E-state index contributed by atoms with van der Waals surface area (Å²) >= 11 is 7.68. The second kappa shape index (κ2) is 8.86. The highest BCUT2D eigenvalue weighted by molar-refractivity contribution is 7.19. The van der Waals surface area contributed by atoms with Crippen LogP contribution in [-0.2, 0) is 20.7 Å². The van der Waals surface area contributed by atoms with Gasteiger partial charge in [-0.25, -0.2) is 14.5 Å². The number of thiophene rings is 1. The molecule has 10 heteroatoms. The number of hydrogen-bond acceptors (Lipinski definition) is 7. The predicted octanol–water partition coefficient (Wildman–Crippen LogP) is 4.88. The quantitative estimate of drug-likeness (QED) is 0.607. The summed E-state index contributed by atoms with van der Waals surface area (Å²) < 4.78 is 11.7. The van der Waals surface area contributed by atoms with Gasteiger partial charge in [-0.05, 0) is 53.7 Å². The van der Waals surface area contributed by atoms with E-state index in [4.69, 9.17) is 21.1 Å². The minimum Gasteiger partial charge on any atom is -0.444 e. The van der Waals surface area contributed by atoms with Crippen molar-refractivity contribution in [3.63, 3.8) is 0 Å². The molecule has 1 aliphatic rings. The van der Waals surface area contributed by atoms with Crippen LogP contribution in [0.4, 0.5) is 9.59 Å². The van der Waals surface area contributed by atoms with Gasteiger partial charge in [-0.2, -0.15) is 0 Å². The molecule has 0 saturated carbocycles. The highest BCUT2D eigenvalue weighted by Gasteiger charge is 2.43. The summed E-state index contributed by atoms with van der Waals surface area (Å²) in [5.74, 6) is -0.507. The molecule has 1 unspecified atom stereocenters. The van der Waals surface area contributed by atoms with Crippen molar-refractivity contribution in [1.29, 1.82) is 0 Å². The normalized spacial score (nSPS) is 17.6. The van der Waals surface area contributed by atoms with Gasteiger partial charge < -0.3 is 9.47 Å². The Kier molecular flexibility index (Phi) is 6.72. The van der Waals surface area contributed by atoms with E-state index in [1.807, 2.05) is 6.07 Å². The van der Waals surface area contributed by atoms with Crippen LogP contribution in [-0.4, -0.2) is 63.2 Å². The molecule has 0 aliphatic carbocycles. The van der Waals surface area contributed by atoms with Gasteiger partial charge in [-0.1, -0.05) is 11.6 Å². The molecule has 0 aromatic carbocycles. The minimum absolute atomic E-state index is 0.0310. The first kappa shape index (κ1) is 24.3. The van der Waals surface area contributed by atoms with Crippen molar-refractivity contribution < 1.29 is 23.9 Å². The standard InChI is InChI=1S/C22H28ClN3O5S/c1-21(2,3)30-19(28)25-9-10-26(20(29)31-22(4,5)6)18(27)16(25)12-13-11-15-17(32-13)14(23)7-8-24-15/h7-8,11,16H,9-10,12H2,1-6H3. The number of rotatable bonds is 2. The zero-order valence-electron chi connectivity index (χ0n) is 19.1. The second-order valence-electron chi connectivity index (χ2n) is 9.58. The summed E-state index contributed by atoms with van der Waals surface area (Å²) in [5, 5.41) is 0.570. The number of imide groups is 1. The van der Waals surface area contributed by atoms with Gasteiger partial charge in [-0.3, -0.25) is 14.7 Å². The number of pyridine rings is 1. The number of hydrogen-bond donors (Lipinski definition) is 0. The molecule has 0 spiro atoms. The fraction of sp³-hybridized carbons (Fsp3) is 0.545. The average molecular weight is 482 g/mol. The van der Waals surface area contributed by atoms with Crippen LogP contribution in [0.25, 0.3) is 10.2 Å². The van der Waals surface area contributed by atoms with Gasteiger partial charge in [0.05, 0.1) is 15.2 Å². The Hall–Kier alpha value is -2.39. The van der Waals surface area contributed by atoms with E-state index in [1.165, 1.54) is 16.2 Å². The molecule has 2 aromatic heterocycles. The van der Waals surface area contributed by atoms with E-state index in [2.05, 4.69) is 4.98 Å². The molecule has 0 radical (unpaired) electrons. The third kappa shape index (κ3) is 5.69. The summed E-state index contributed by atoms with van der Waals surface area (Å²) in [6.45, 7) is 10.7. The first-order valence-corrected chi connectivity index (χ1v) is 11.5. The number of ether oxygens (including phenoxy) is 2. The highest BCUT2D eigenvalue weighted by atomic mass is 35.5. The first-order chi connectivity index (χ1) is 14.7. The lowest BCUT2D eigenvalue weighted by Crippen LogP contribution is -2.61. The molecule has 3 amide bonds. The van der Waals surface area contributed by atoms with Gasteiger partial charge in [0, 0.05) is 30.6 Å². The van der Waals surface area contributed by atoms with Crippen LogP contribution in [0, 0.1) is 0 Å². The van der Waals surface area contributed by atoms with E-state index in [9.17, 15) is 14.4 Å². The number of amides is 3. The first-order valence-electron chi connectivity index (χ1n) is 10.3. The number of aromatic nitrogens is 1. The number of carbonyl (C=O) groups is 3. The van der Waals surface area contributed by atoms with Crippen molar-refractivity contribution in [2.75, 3.05) is 13.1 Å². The predicted molar refractivity (Wildman–Crippen MR) is 123 cm³/mol. The van der Waals surface area contributed by atoms with E-state index in [0.29, 0.717) is 10.5 Å². The number of carbonyl (C=O) groups excluding carboxylic acids is 3. The molecule has 174 valence electrons. The van der Waals surface area contributed by atoms with Crippen LogP contribution >= 0.6 is 22.9 Å². The molecule has 1 aliphatic heterocycles. The lowest BCUT2D eigenvalue weighted by Gasteiger charge is -2.40. The van der Waals surface area contributed by atoms with Crippen LogP contribution in [0.5, 0.6) is 0 Å². The third-order valence-corrected chi connectivity index (χ3v) is 6.15. The van der Waals surface area contributed by atoms with Gasteiger partial charge >= 0.3 is 12.2 Å². The van der Waals surface area contributed by atoms with Gasteiger partial charge in [0.2, 0.25) is 0 Å². The number of nitrogens with zero attached hydrogens (tertiary/aromatic N) is 3. The van der Waals surface area contributed by atoms with Crippen LogP contribution in [0.2, 0.25) is 5.02 Å². The summed E-state index contributed by atoms with van der Waals surface area (Å²) in [6, 6.07) is 2.63. The molecule has 1 atom stereocenters. The third-order valence-electron chi connectivity index (χ3n) is 4.54. The van der Waals surface area contributed by atoms with E-state index in [0.717, 1.165) is 14.5 Å². The van der Waals surface area contributed by atoms with E-state index >= 15 is 0 Å². The van der Waals surface area contributed by atoms with E-state index < -0.39 is 35.3 Å². The van der Waals surface area contributed by atoms with Crippen molar-refractivity contribution >= 4 is 51.2 Å². The van der Waals surface area contributed by atoms with Gasteiger partial charge in [0.1, 0.15) is 17.2 Å². The maximum atomic E-state index is 13.4. The lowest BCUT2D eigenvalue weighted by atomic mass is 10.1. The molecule has 32 heavy (non-hydrogen) atoms. The molecule has 3 rings (SSSR count). The van der Waals surface area contributed by atoms with Crippen molar-refractivity contribution in [2.45, 2.75) is 65.2 Å². The zero-order chi connectivity index (χ0) is 23.8. The lowest BCUT2D eigenvalue weighted by molar-refractivity contribution is -0.140. The largest absolute Gasteiger partial charge is 0.444 e. The molecule has 1 saturated heterocycles. The Morgan fingerprint density at radius 3 is 2.34 bits per heavy atom. The Morgan fingerprint density at radius 1 is 1.12 bits per heavy atom. The van der Waals surface area contributed by atoms with Crippen molar-refractivity contribution in [3.8, 4) is 0 Å². The summed E-state index contributed by atoms with van der Waals surface area (Å²) in [6.07, 6.45) is 0.494. The van der Waals surface area contributed by atoms with Crippen molar-refractivity contribution in [1.82, 2.24) is 14.8 Å². The Morgan fingerprint density at radius 2 is 1.75 bits per heavy atom. The topological polar surface area (TPSA) is 89.0 Å². The maximum Gasteiger partial charge on any atom is 0.417 e. The molecule has 1 fully saturated rings. The Labute approximate surface area is 196 Å². The number of piperazine rings is 1.